The van der Waals surface area contributed by atoms with Crippen LogP contribution < -0.4 is 16.1 Å². The minimum atomic E-state index is -2.08. The third-order valence-electron chi connectivity index (χ3n) is 9.01. The van der Waals surface area contributed by atoms with Crippen molar-refractivity contribution in [2.24, 2.45) is 0 Å². The van der Waals surface area contributed by atoms with Gasteiger partial charge in [-0.1, -0.05) is 84.5 Å². The van der Waals surface area contributed by atoms with Gasteiger partial charge in [0.15, 0.2) is 11.3 Å². The molecule has 3 aliphatic rings. The predicted molar refractivity (Wildman–Crippen MR) is 162 cm³/mol. The number of aromatic nitrogens is 4. The molecule has 5 heterocycles. The number of fused-ring (bicyclic) bond motifs is 2. The van der Waals surface area contributed by atoms with E-state index in [1.54, 1.807) is 17.0 Å². The van der Waals surface area contributed by atoms with Crippen LogP contribution in [-0.4, -0.2) is 63.2 Å². The normalized spacial score (nSPS) is 28.4. The maximum Gasteiger partial charge on any atom is 0.331 e. The summed E-state index contributed by atoms with van der Waals surface area (Å²) in [5, 5.41) is 2.86. The monoisotopic (exact) mass is 589 g/mol. The zero-order valence-corrected chi connectivity index (χ0v) is 25.3. The van der Waals surface area contributed by atoms with Crippen molar-refractivity contribution in [2.45, 2.75) is 75.8 Å². The van der Waals surface area contributed by atoms with Crippen molar-refractivity contribution >= 4 is 38.3 Å². The molecule has 41 heavy (non-hydrogen) atoms. The van der Waals surface area contributed by atoms with Crippen LogP contribution in [0.5, 0.6) is 0 Å². The lowest BCUT2D eigenvalue weighted by Gasteiger charge is -2.32. The number of aromatic amines is 1. The van der Waals surface area contributed by atoms with Gasteiger partial charge in [0.05, 0.1) is 18.3 Å². The lowest BCUT2D eigenvalue weighted by molar-refractivity contribution is -0.0165. The van der Waals surface area contributed by atoms with E-state index in [2.05, 4.69) is 93.8 Å². The van der Waals surface area contributed by atoms with Crippen molar-refractivity contribution in [2.75, 3.05) is 6.54 Å². The van der Waals surface area contributed by atoms with Gasteiger partial charge in [0, 0.05) is 31.4 Å². The molecule has 2 aromatic heterocycles. The van der Waals surface area contributed by atoms with Crippen LogP contribution in [0.2, 0.25) is 12.6 Å². The third-order valence-corrected chi connectivity index (χ3v) is 15.3. The molecule has 3 aliphatic heterocycles. The average Bonchev–Trinajstić information content (AvgIpc) is 3.78. The van der Waals surface area contributed by atoms with Gasteiger partial charge in [0.1, 0.15) is 14.3 Å². The van der Waals surface area contributed by atoms with Gasteiger partial charge < -0.3 is 13.8 Å². The van der Waals surface area contributed by atoms with Crippen LogP contribution in [0.4, 0.5) is 0 Å². The molecule has 9 nitrogen and oxygen atoms in total. The number of hydrogen-bond donors (Lipinski definition) is 1. The van der Waals surface area contributed by atoms with E-state index in [1.165, 1.54) is 10.4 Å². The first-order valence-electron chi connectivity index (χ1n) is 14.6. The largest absolute Gasteiger partial charge is 0.352 e. The van der Waals surface area contributed by atoms with Crippen molar-refractivity contribution in [1.29, 1.82) is 0 Å². The fraction of sp³-hybridized carbons (Fsp3) is 0.433. The van der Waals surface area contributed by atoms with Crippen LogP contribution in [0.3, 0.4) is 0 Å². The Kier molecular flexibility index (Phi) is 7.39. The number of H-pyrrole nitrogens is 1. The van der Waals surface area contributed by atoms with Gasteiger partial charge in [0.25, 0.3) is 8.53 Å². The lowest BCUT2D eigenvalue weighted by atomic mass is 10.1. The Labute approximate surface area is 241 Å². The predicted octanol–water partition coefficient (Wildman–Crippen LogP) is 4.19. The Bertz CT molecular complexity index is 1510. The SMILES string of the molecule is CC[C@H]1O[C@@H](n2c(=O)[nH]c3nccnc32)CC1O[P@@]1O[C@H](C[Si](C)(c2ccccc2)c2ccccc2)[C@@H]2CCCN21. The highest BCUT2D eigenvalue weighted by atomic mass is 31.2. The van der Waals surface area contributed by atoms with E-state index >= 15 is 0 Å². The summed E-state index contributed by atoms with van der Waals surface area (Å²) in [6.07, 6.45) is 6.16. The second kappa shape index (κ2) is 11.2. The molecular formula is C30H36N5O4PSi. The van der Waals surface area contributed by atoms with E-state index in [9.17, 15) is 4.79 Å². The zero-order chi connectivity index (χ0) is 28.0. The molecule has 0 amide bonds. The number of imidazole rings is 1. The Morgan fingerprint density at radius 3 is 2.46 bits per heavy atom. The van der Waals surface area contributed by atoms with Gasteiger partial charge in [-0.25, -0.2) is 24.0 Å². The molecule has 0 radical (unpaired) electrons. The highest BCUT2D eigenvalue weighted by Gasteiger charge is 2.51. The highest BCUT2D eigenvalue weighted by molar-refractivity contribution is 7.45. The molecule has 1 unspecified atom stereocenters. The van der Waals surface area contributed by atoms with Crippen molar-refractivity contribution in [3.63, 3.8) is 0 Å². The number of ether oxygens (including phenoxy) is 1. The first-order valence-corrected chi connectivity index (χ1v) is 18.5. The summed E-state index contributed by atoms with van der Waals surface area (Å²) in [6, 6.07) is 23.4. The molecule has 214 valence electrons. The fourth-order valence-electron chi connectivity index (χ4n) is 6.85. The molecule has 3 fully saturated rings. The first-order chi connectivity index (χ1) is 20.0. The Balaban J connectivity index is 1.13. The molecular weight excluding hydrogens is 553 g/mol. The van der Waals surface area contributed by atoms with Crippen molar-refractivity contribution in [3.8, 4) is 0 Å². The standard InChI is InChI=1S/C30H36N5O4PSi/c1-3-24-25(19-27(37-24)35-29-28(33-30(35)36)31-16-17-32-29)38-40-34-18-10-15-23(34)26(39-40)20-41(2,21-11-6-4-7-12-21)22-13-8-5-9-14-22/h4-9,11-14,16-17,23-27H,3,10,15,18-20H2,1-2H3,(H,31,33,36)/t23-,24+,25?,26+,27+,40-/m0/s1. The van der Waals surface area contributed by atoms with E-state index in [1.807, 2.05) is 0 Å². The third kappa shape index (κ3) is 4.90. The average molecular weight is 590 g/mol. The first kappa shape index (κ1) is 27.1. The van der Waals surface area contributed by atoms with Crippen LogP contribution in [0.25, 0.3) is 11.3 Å². The van der Waals surface area contributed by atoms with Crippen molar-refractivity contribution in [1.82, 2.24) is 24.2 Å². The number of rotatable bonds is 8. The Hall–Kier alpha value is -2.72. The molecule has 0 aliphatic carbocycles. The van der Waals surface area contributed by atoms with Crippen LogP contribution >= 0.6 is 8.53 Å². The van der Waals surface area contributed by atoms with E-state index < -0.39 is 22.8 Å². The van der Waals surface area contributed by atoms with Gasteiger partial charge >= 0.3 is 5.69 Å². The van der Waals surface area contributed by atoms with Crippen LogP contribution in [-0.2, 0) is 13.8 Å². The summed E-state index contributed by atoms with van der Waals surface area (Å²) in [5.74, 6) is 0. The molecule has 0 saturated carbocycles. The molecule has 3 saturated heterocycles. The van der Waals surface area contributed by atoms with Gasteiger partial charge in [-0.05, 0) is 25.3 Å². The van der Waals surface area contributed by atoms with E-state index in [0.29, 0.717) is 23.8 Å². The summed E-state index contributed by atoms with van der Waals surface area (Å²) in [5.41, 5.74) is 0.709. The van der Waals surface area contributed by atoms with Crippen molar-refractivity contribution < 1.29 is 13.8 Å². The van der Waals surface area contributed by atoms with E-state index in [4.69, 9.17) is 13.8 Å². The van der Waals surface area contributed by atoms with Crippen LogP contribution in [0.15, 0.2) is 77.9 Å². The number of nitrogens with one attached hydrogen (secondary N) is 1. The number of benzene rings is 2. The molecule has 11 heteroatoms. The summed E-state index contributed by atoms with van der Waals surface area (Å²) in [4.78, 5) is 24.2. The Morgan fingerprint density at radius 1 is 1.05 bits per heavy atom. The van der Waals surface area contributed by atoms with Crippen LogP contribution in [0.1, 0.15) is 38.8 Å². The quantitative estimate of drug-likeness (QED) is 0.243. The van der Waals surface area contributed by atoms with E-state index in [-0.39, 0.29) is 24.0 Å². The number of nitrogens with zero attached hydrogens (tertiary/aromatic N) is 4. The van der Waals surface area contributed by atoms with Gasteiger partial charge in [0.2, 0.25) is 0 Å². The molecule has 1 N–H and O–H groups in total. The highest BCUT2D eigenvalue weighted by Crippen LogP contribution is 2.59. The molecule has 7 rings (SSSR count). The summed E-state index contributed by atoms with van der Waals surface area (Å²) in [6.45, 7) is 5.57. The fourth-order valence-corrected chi connectivity index (χ4v) is 12.8. The smallest absolute Gasteiger partial charge is 0.331 e. The topological polar surface area (TPSA) is 94.5 Å². The minimum absolute atomic E-state index is 0.116. The second-order valence-corrected chi connectivity index (χ2v) is 17.1. The molecule has 2 aromatic carbocycles. The maximum absolute atomic E-state index is 12.8. The summed E-state index contributed by atoms with van der Waals surface area (Å²) in [7, 11) is -3.30. The minimum Gasteiger partial charge on any atom is -0.352 e. The maximum atomic E-state index is 12.8. The molecule has 0 spiro atoms. The zero-order valence-electron chi connectivity index (χ0n) is 23.4. The van der Waals surface area contributed by atoms with E-state index in [0.717, 1.165) is 31.9 Å². The van der Waals surface area contributed by atoms with Gasteiger partial charge in [-0.2, -0.15) is 0 Å². The second-order valence-electron chi connectivity index (χ2n) is 11.5. The summed E-state index contributed by atoms with van der Waals surface area (Å²) >= 11 is 0. The lowest BCUT2D eigenvalue weighted by Crippen LogP contribution is -2.58. The summed E-state index contributed by atoms with van der Waals surface area (Å²) < 4.78 is 24.2. The van der Waals surface area contributed by atoms with Gasteiger partial charge in [-0.15, -0.1) is 0 Å². The van der Waals surface area contributed by atoms with Crippen molar-refractivity contribution in [3.05, 3.63) is 83.5 Å². The van der Waals surface area contributed by atoms with Gasteiger partial charge in [-0.3, -0.25) is 4.98 Å². The van der Waals surface area contributed by atoms with Crippen LogP contribution in [0, 0.1) is 0 Å². The number of hydrogen-bond acceptors (Lipinski definition) is 7. The Morgan fingerprint density at radius 2 is 1.76 bits per heavy atom. The molecule has 6 atom stereocenters. The molecule has 4 aromatic rings. The molecule has 0 bridgehead atoms.